The van der Waals surface area contributed by atoms with Crippen molar-refractivity contribution in [3.05, 3.63) is 53.0 Å². The SMILES string of the molecule is O=C(CCc1nc2ccccc2s1)N1CCCC1c1ccc2c(c1)OCCCO2. The second kappa shape index (κ2) is 8.03. The maximum absolute atomic E-state index is 13.0. The molecule has 1 amide bonds. The van der Waals surface area contributed by atoms with Crippen LogP contribution in [0.25, 0.3) is 10.2 Å². The zero-order valence-corrected chi connectivity index (χ0v) is 17.1. The third kappa shape index (κ3) is 3.81. The molecule has 0 bridgehead atoms. The highest BCUT2D eigenvalue weighted by Gasteiger charge is 2.30. The highest BCUT2D eigenvalue weighted by Crippen LogP contribution is 2.38. The van der Waals surface area contributed by atoms with Gasteiger partial charge in [-0.2, -0.15) is 0 Å². The number of likely N-dealkylation sites (tertiary alicyclic amines) is 1. The first-order valence-corrected chi connectivity index (χ1v) is 11.1. The van der Waals surface area contributed by atoms with Crippen molar-refractivity contribution in [2.75, 3.05) is 19.8 Å². The van der Waals surface area contributed by atoms with Crippen LogP contribution in [0.4, 0.5) is 0 Å². The zero-order chi connectivity index (χ0) is 19.6. The molecule has 0 radical (unpaired) electrons. The fourth-order valence-electron chi connectivity index (χ4n) is 4.18. The molecule has 0 aliphatic carbocycles. The number of aryl methyl sites for hydroxylation is 1. The van der Waals surface area contributed by atoms with Gasteiger partial charge < -0.3 is 14.4 Å². The van der Waals surface area contributed by atoms with Crippen LogP contribution >= 0.6 is 11.3 Å². The normalized spacial score (nSPS) is 18.8. The highest BCUT2D eigenvalue weighted by atomic mass is 32.1. The lowest BCUT2D eigenvalue weighted by atomic mass is 10.0. The van der Waals surface area contributed by atoms with Crippen LogP contribution in [0.1, 0.15) is 42.3 Å². The Kier molecular flexibility index (Phi) is 5.10. The molecule has 3 aromatic rings. The van der Waals surface area contributed by atoms with E-state index >= 15 is 0 Å². The summed E-state index contributed by atoms with van der Waals surface area (Å²) in [4.78, 5) is 19.7. The molecule has 29 heavy (non-hydrogen) atoms. The van der Waals surface area contributed by atoms with Crippen LogP contribution < -0.4 is 9.47 Å². The van der Waals surface area contributed by atoms with E-state index in [2.05, 4.69) is 23.2 Å². The Balaban J connectivity index is 1.28. The van der Waals surface area contributed by atoms with E-state index < -0.39 is 0 Å². The van der Waals surface area contributed by atoms with Gasteiger partial charge in [0.05, 0.1) is 34.5 Å². The number of benzene rings is 2. The lowest BCUT2D eigenvalue weighted by molar-refractivity contribution is -0.132. The molecule has 2 aromatic carbocycles. The van der Waals surface area contributed by atoms with Crippen LogP contribution in [0.15, 0.2) is 42.5 Å². The van der Waals surface area contributed by atoms with Crippen molar-refractivity contribution in [3.8, 4) is 11.5 Å². The minimum atomic E-state index is 0.120. The zero-order valence-electron chi connectivity index (χ0n) is 16.3. The second-order valence-corrected chi connectivity index (χ2v) is 8.69. The number of para-hydroxylation sites is 1. The van der Waals surface area contributed by atoms with Crippen molar-refractivity contribution >= 4 is 27.5 Å². The largest absolute Gasteiger partial charge is 0.490 e. The van der Waals surface area contributed by atoms with Crippen molar-refractivity contribution in [1.82, 2.24) is 9.88 Å². The minimum absolute atomic E-state index is 0.120. The van der Waals surface area contributed by atoms with E-state index in [0.717, 1.165) is 53.4 Å². The smallest absolute Gasteiger partial charge is 0.223 e. The Morgan fingerprint density at radius 2 is 1.97 bits per heavy atom. The third-order valence-corrected chi connectivity index (χ3v) is 6.72. The summed E-state index contributed by atoms with van der Waals surface area (Å²) in [5, 5.41) is 1.03. The Morgan fingerprint density at radius 1 is 1.10 bits per heavy atom. The van der Waals surface area contributed by atoms with Gasteiger partial charge in [0.1, 0.15) is 0 Å². The molecule has 1 atom stereocenters. The number of amides is 1. The number of carbonyl (C=O) groups is 1. The first-order valence-electron chi connectivity index (χ1n) is 10.3. The van der Waals surface area contributed by atoms with Gasteiger partial charge in [-0.3, -0.25) is 4.79 Å². The molecule has 2 aliphatic rings. The average Bonchev–Trinajstić information content (AvgIpc) is 3.33. The number of aromatic nitrogens is 1. The predicted octanol–water partition coefficient (Wildman–Crippen LogP) is 4.75. The summed E-state index contributed by atoms with van der Waals surface area (Å²) in [5.41, 5.74) is 2.16. The molecular weight excluding hydrogens is 384 g/mol. The Morgan fingerprint density at radius 3 is 2.86 bits per heavy atom. The van der Waals surface area contributed by atoms with Crippen molar-refractivity contribution in [2.24, 2.45) is 0 Å². The van der Waals surface area contributed by atoms with Crippen molar-refractivity contribution < 1.29 is 14.3 Å². The van der Waals surface area contributed by atoms with Crippen molar-refractivity contribution in [2.45, 2.75) is 38.1 Å². The number of hydrogen-bond donors (Lipinski definition) is 0. The van der Waals surface area contributed by atoms with Gasteiger partial charge in [-0.1, -0.05) is 18.2 Å². The van der Waals surface area contributed by atoms with Crippen molar-refractivity contribution in [3.63, 3.8) is 0 Å². The summed E-state index contributed by atoms with van der Waals surface area (Å²) >= 11 is 1.68. The summed E-state index contributed by atoms with van der Waals surface area (Å²) in [7, 11) is 0. The molecule has 0 N–H and O–H groups in total. The van der Waals surface area contributed by atoms with Gasteiger partial charge >= 0.3 is 0 Å². The second-order valence-electron chi connectivity index (χ2n) is 7.58. The predicted molar refractivity (Wildman–Crippen MR) is 114 cm³/mol. The highest BCUT2D eigenvalue weighted by molar-refractivity contribution is 7.18. The summed E-state index contributed by atoms with van der Waals surface area (Å²) in [6.07, 6.45) is 4.12. The molecule has 5 rings (SSSR count). The number of carbonyl (C=O) groups excluding carboxylic acids is 1. The number of nitrogens with zero attached hydrogens (tertiary/aromatic N) is 2. The molecule has 1 fully saturated rings. The number of hydrogen-bond acceptors (Lipinski definition) is 5. The number of rotatable bonds is 4. The molecule has 6 heteroatoms. The fraction of sp³-hybridized carbons (Fsp3) is 0.391. The molecule has 5 nitrogen and oxygen atoms in total. The van der Waals surface area contributed by atoms with Crippen LogP contribution in [-0.4, -0.2) is 35.5 Å². The topological polar surface area (TPSA) is 51.7 Å². The standard InChI is InChI=1S/C23H24N2O3S/c26-23(11-10-22-24-17-5-1-2-7-21(17)29-22)25-12-3-6-18(25)16-8-9-19-20(15-16)28-14-4-13-27-19/h1-2,5,7-9,15,18H,3-4,6,10-14H2. The number of thiazole rings is 1. The van der Waals surface area contributed by atoms with Gasteiger partial charge in [-0.05, 0) is 42.7 Å². The lowest BCUT2D eigenvalue weighted by Crippen LogP contribution is -2.30. The van der Waals surface area contributed by atoms with E-state index in [4.69, 9.17) is 9.47 Å². The molecule has 1 unspecified atom stereocenters. The summed E-state index contributed by atoms with van der Waals surface area (Å²) < 4.78 is 12.8. The maximum Gasteiger partial charge on any atom is 0.223 e. The third-order valence-electron chi connectivity index (χ3n) is 5.62. The Hall–Kier alpha value is -2.60. The number of fused-ring (bicyclic) bond motifs is 2. The van der Waals surface area contributed by atoms with Gasteiger partial charge in [-0.25, -0.2) is 4.98 Å². The minimum Gasteiger partial charge on any atom is -0.490 e. The van der Waals surface area contributed by atoms with E-state index in [9.17, 15) is 4.79 Å². The van der Waals surface area contributed by atoms with Gasteiger partial charge in [-0.15, -0.1) is 11.3 Å². The van der Waals surface area contributed by atoms with Crippen LogP contribution in [0, 0.1) is 0 Å². The van der Waals surface area contributed by atoms with Crippen LogP contribution in [0.5, 0.6) is 11.5 Å². The van der Waals surface area contributed by atoms with Gasteiger partial charge in [0, 0.05) is 25.8 Å². The van der Waals surface area contributed by atoms with Crippen molar-refractivity contribution in [1.29, 1.82) is 0 Å². The molecule has 1 aromatic heterocycles. The molecule has 2 aliphatic heterocycles. The Labute approximate surface area is 174 Å². The van der Waals surface area contributed by atoms with Crippen LogP contribution in [-0.2, 0) is 11.2 Å². The summed E-state index contributed by atoms with van der Waals surface area (Å²) in [5.74, 6) is 1.81. The molecule has 0 saturated carbocycles. The van der Waals surface area contributed by atoms with Gasteiger partial charge in [0.2, 0.25) is 5.91 Å². The summed E-state index contributed by atoms with van der Waals surface area (Å²) in [6, 6.07) is 14.4. The molecule has 0 spiro atoms. The van der Waals surface area contributed by atoms with E-state index in [-0.39, 0.29) is 11.9 Å². The first kappa shape index (κ1) is 18.4. The molecule has 3 heterocycles. The quantitative estimate of drug-likeness (QED) is 0.625. The van der Waals surface area contributed by atoms with Crippen LogP contribution in [0.2, 0.25) is 0 Å². The van der Waals surface area contributed by atoms with E-state index in [1.807, 2.05) is 29.2 Å². The summed E-state index contributed by atoms with van der Waals surface area (Å²) in [6.45, 7) is 2.18. The lowest BCUT2D eigenvalue weighted by Gasteiger charge is -2.25. The van der Waals surface area contributed by atoms with E-state index in [1.54, 1.807) is 11.3 Å². The van der Waals surface area contributed by atoms with Gasteiger partial charge in [0.25, 0.3) is 0 Å². The monoisotopic (exact) mass is 408 g/mol. The maximum atomic E-state index is 13.0. The number of ether oxygens (including phenoxy) is 2. The van der Waals surface area contributed by atoms with E-state index in [1.165, 1.54) is 4.70 Å². The molecular formula is C23H24N2O3S. The molecule has 150 valence electrons. The Bertz CT molecular complexity index is 999. The van der Waals surface area contributed by atoms with Crippen LogP contribution in [0.3, 0.4) is 0 Å². The van der Waals surface area contributed by atoms with Gasteiger partial charge in [0.15, 0.2) is 11.5 Å². The first-order chi connectivity index (χ1) is 14.3. The van der Waals surface area contributed by atoms with E-state index in [0.29, 0.717) is 26.1 Å². The fourth-order valence-corrected chi connectivity index (χ4v) is 5.15. The molecule has 1 saturated heterocycles. The average molecular weight is 409 g/mol.